The molecule has 17 heavy (non-hydrogen) atoms. The number of hydrogen-bond acceptors (Lipinski definition) is 6. The zero-order valence-electron chi connectivity index (χ0n) is 9.62. The fraction of sp³-hybridized carbons (Fsp3) is 0.400. The standard InChI is InChI=1S/C10H14BrN3O3/c1-3-17-7(15)5-13-6-4-14-10(16-2)8(11)9(6)12/h4,13H,3,5H2,1-2H3,(H2,12,14). The highest BCUT2D eigenvalue weighted by Gasteiger charge is 2.11. The van der Waals surface area contributed by atoms with E-state index >= 15 is 0 Å². The summed E-state index contributed by atoms with van der Waals surface area (Å²) in [5.74, 6) is 0.0445. The Labute approximate surface area is 108 Å². The van der Waals surface area contributed by atoms with E-state index in [1.807, 2.05) is 0 Å². The van der Waals surface area contributed by atoms with Crippen LogP contribution in [0.5, 0.6) is 5.88 Å². The fourth-order valence-electron chi connectivity index (χ4n) is 1.15. The molecule has 0 aliphatic rings. The van der Waals surface area contributed by atoms with Crippen molar-refractivity contribution in [3.8, 4) is 5.88 Å². The van der Waals surface area contributed by atoms with E-state index in [-0.39, 0.29) is 12.5 Å². The highest BCUT2D eigenvalue weighted by atomic mass is 79.9. The fourth-order valence-corrected chi connectivity index (χ4v) is 1.62. The van der Waals surface area contributed by atoms with Gasteiger partial charge in [0.1, 0.15) is 11.0 Å². The van der Waals surface area contributed by atoms with E-state index in [4.69, 9.17) is 15.2 Å². The number of carbonyl (C=O) groups excluding carboxylic acids is 1. The van der Waals surface area contributed by atoms with E-state index in [1.54, 1.807) is 6.92 Å². The maximum absolute atomic E-state index is 11.2. The monoisotopic (exact) mass is 303 g/mol. The molecule has 0 spiro atoms. The van der Waals surface area contributed by atoms with Gasteiger partial charge in [-0.3, -0.25) is 4.79 Å². The van der Waals surface area contributed by atoms with Gasteiger partial charge in [0.05, 0.1) is 31.3 Å². The molecule has 3 N–H and O–H groups in total. The number of halogens is 1. The summed E-state index contributed by atoms with van der Waals surface area (Å²) in [4.78, 5) is 15.2. The van der Waals surface area contributed by atoms with Crippen molar-refractivity contribution in [2.45, 2.75) is 6.92 Å². The van der Waals surface area contributed by atoms with Gasteiger partial charge >= 0.3 is 5.97 Å². The molecule has 0 bridgehead atoms. The van der Waals surface area contributed by atoms with Crippen LogP contribution in [0.1, 0.15) is 6.92 Å². The van der Waals surface area contributed by atoms with E-state index in [9.17, 15) is 4.79 Å². The molecule has 7 heteroatoms. The molecule has 0 atom stereocenters. The Morgan fingerprint density at radius 1 is 1.65 bits per heavy atom. The first kappa shape index (κ1) is 13.6. The van der Waals surface area contributed by atoms with Crippen LogP contribution in [0.15, 0.2) is 10.7 Å². The highest BCUT2D eigenvalue weighted by Crippen LogP contribution is 2.33. The minimum Gasteiger partial charge on any atom is -0.480 e. The molecule has 0 aromatic carbocycles. The van der Waals surface area contributed by atoms with Crippen molar-refractivity contribution in [2.75, 3.05) is 31.3 Å². The summed E-state index contributed by atoms with van der Waals surface area (Å²) < 4.78 is 10.3. The maximum atomic E-state index is 11.2. The Morgan fingerprint density at radius 2 is 2.35 bits per heavy atom. The van der Waals surface area contributed by atoms with Crippen LogP contribution in [0.25, 0.3) is 0 Å². The van der Waals surface area contributed by atoms with Gasteiger partial charge < -0.3 is 20.5 Å². The lowest BCUT2D eigenvalue weighted by Gasteiger charge is -2.11. The minimum absolute atomic E-state index is 0.0402. The minimum atomic E-state index is -0.348. The number of nitrogens with two attached hydrogens (primary N) is 1. The molecule has 0 amide bonds. The number of nitrogens with zero attached hydrogens (tertiary/aromatic N) is 1. The molecule has 1 aromatic rings. The van der Waals surface area contributed by atoms with Gasteiger partial charge in [0, 0.05) is 0 Å². The molecule has 6 nitrogen and oxygen atoms in total. The summed E-state index contributed by atoms with van der Waals surface area (Å²) in [6, 6.07) is 0. The van der Waals surface area contributed by atoms with Gasteiger partial charge in [-0.05, 0) is 22.9 Å². The number of hydrogen-bond donors (Lipinski definition) is 2. The second-order valence-corrected chi connectivity index (χ2v) is 3.86. The average molecular weight is 304 g/mol. The maximum Gasteiger partial charge on any atom is 0.325 e. The summed E-state index contributed by atoms with van der Waals surface area (Å²) in [5, 5.41) is 2.84. The first-order chi connectivity index (χ1) is 8.10. The molecule has 0 saturated carbocycles. The van der Waals surface area contributed by atoms with Crippen LogP contribution in [-0.4, -0.2) is 31.2 Å². The lowest BCUT2D eigenvalue weighted by molar-refractivity contribution is -0.140. The molecule has 0 fully saturated rings. The normalized spacial score (nSPS) is 9.82. The molecular formula is C10H14BrN3O3. The second-order valence-electron chi connectivity index (χ2n) is 3.07. The van der Waals surface area contributed by atoms with Crippen LogP contribution in [0.2, 0.25) is 0 Å². The van der Waals surface area contributed by atoms with Crippen molar-refractivity contribution in [2.24, 2.45) is 0 Å². The smallest absolute Gasteiger partial charge is 0.325 e. The third-order valence-electron chi connectivity index (χ3n) is 1.95. The Kier molecular flexibility index (Phi) is 5.02. The van der Waals surface area contributed by atoms with Crippen LogP contribution in [0.4, 0.5) is 11.4 Å². The summed E-state index contributed by atoms with van der Waals surface area (Å²) in [6.07, 6.45) is 1.50. The number of rotatable bonds is 5. The lowest BCUT2D eigenvalue weighted by Crippen LogP contribution is -2.17. The average Bonchev–Trinajstić information content (AvgIpc) is 2.31. The topological polar surface area (TPSA) is 86.5 Å². The van der Waals surface area contributed by atoms with Crippen molar-refractivity contribution in [1.82, 2.24) is 4.98 Å². The molecule has 1 aromatic heterocycles. The number of nitrogen functional groups attached to an aromatic ring is 1. The van der Waals surface area contributed by atoms with Crippen LogP contribution in [-0.2, 0) is 9.53 Å². The van der Waals surface area contributed by atoms with Crippen LogP contribution >= 0.6 is 15.9 Å². The first-order valence-electron chi connectivity index (χ1n) is 4.97. The summed E-state index contributed by atoms with van der Waals surface area (Å²) in [6.45, 7) is 2.14. The molecule has 0 saturated heterocycles. The van der Waals surface area contributed by atoms with Gasteiger partial charge in [0.2, 0.25) is 5.88 Å². The number of ether oxygens (including phenoxy) is 2. The van der Waals surface area contributed by atoms with Gasteiger partial charge in [-0.1, -0.05) is 0 Å². The van der Waals surface area contributed by atoms with Crippen molar-refractivity contribution in [1.29, 1.82) is 0 Å². The molecule has 1 heterocycles. The SMILES string of the molecule is CCOC(=O)CNc1cnc(OC)c(Br)c1N. The molecule has 94 valence electrons. The number of aromatic nitrogens is 1. The Bertz CT molecular complexity index is 412. The number of carbonyl (C=O) groups is 1. The van der Waals surface area contributed by atoms with Crippen molar-refractivity contribution >= 4 is 33.3 Å². The van der Waals surface area contributed by atoms with Gasteiger partial charge in [-0.15, -0.1) is 0 Å². The van der Waals surface area contributed by atoms with Crippen molar-refractivity contribution in [3.05, 3.63) is 10.7 Å². The Morgan fingerprint density at radius 3 is 2.94 bits per heavy atom. The van der Waals surface area contributed by atoms with E-state index < -0.39 is 0 Å². The molecule has 0 unspecified atom stereocenters. The number of nitrogens with one attached hydrogen (secondary N) is 1. The van der Waals surface area contributed by atoms with E-state index in [0.29, 0.717) is 28.3 Å². The molecule has 0 aliphatic heterocycles. The lowest BCUT2D eigenvalue weighted by atomic mass is 10.3. The van der Waals surface area contributed by atoms with Gasteiger partial charge in [-0.2, -0.15) is 0 Å². The third-order valence-corrected chi connectivity index (χ3v) is 2.71. The Balaban J connectivity index is 2.73. The molecule has 0 aliphatic carbocycles. The van der Waals surface area contributed by atoms with Crippen molar-refractivity contribution < 1.29 is 14.3 Å². The molecule has 1 rings (SSSR count). The molecular weight excluding hydrogens is 290 g/mol. The highest BCUT2D eigenvalue weighted by molar-refractivity contribution is 9.10. The van der Waals surface area contributed by atoms with Gasteiger partial charge in [-0.25, -0.2) is 4.98 Å². The van der Waals surface area contributed by atoms with Crippen LogP contribution in [0, 0.1) is 0 Å². The number of esters is 1. The van der Waals surface area contributed by atoms with E-state index in [1.165, 1.54) is 13.3 Å². The number of anilines is 2. The zero-order chi connectivity index (χ0) is 12.8. The predicted molar refractivity (Wildman–Crippen MR) is 68.0 cm³/mol. The zero-order valence-corrected chi connectivity index (χ0v) is 11.2. The summed E-state index contributed by atoms with van der Waals surface area (Å²) >= 11 is 3.26. The summed E-state index contributed by atoms with van der Waals surface area (Å²) in [5.41, 5.74) is 6.82. The predicted octanol–water partition coefficient (Wildman–Crippen LogP) is 1.41. The molecule has 0 radical (unpaired) electrons. The number of pyridine rings is 1. The quantitative estimate of drug-likeness (QED) is 0.800. The largest absolute Gasteiger partial charge is 0.480 e. The van der Waals surface area contributed by atoms with Crippen LogP contribution < -0.4 is 15.8 Å². The Hall–Kier alpha value is -1.50. The second kappa shape index (κ2) is 6.29. The van der Waals surface area contributed by atoms with Gasteiger partial charge in [0.25, 0.3) is 0 Å². The first-order valence-corrected chi connectivity index (χ1v) is 5.76. The van der Waals surface area contributed by atoms with Gasteiger partial charge in [0.15, 0.2) is 0 Å². The van der Waals surface area contributed by atoms with Crippen LogP contribution in [0.3, 0.4) is 0 Å². The third kappa shape index (κ3) is 3.48. The number of methoxy groups -OCH3 is 1. The van der Waals surface area contributed by atoms with Crippen molar-refractivity contribution in [3.63, 3.8) is 0 Å². The van der Waals surface area contributed by atoms with E-state index in [2.05, 4.69) is 26.2 Å². The van der Waals surface area contributed by atoms with E-state index in [0.717, 1.165) is 0 Å². The summed E-state index contributed by atoms with van der Waals surface area (Å²) in [7, 11) is 1.50.